The largest absolute Gasteiger partial charge is 0.382 e. The molecule has 3 heterocycles. The van der Waals surface area contributed by atoms with Crippen LogP contribution >= 0.6 is 0 Å². The molecule has 0 radical (unpaired) electrons. The van der Waals surface area contributed by atoms with E-state index < -0.39 is 23.6 Å². The molecule has 3 aromatic rings. The first-order valence-corrected chi connectivity index (χ1v) is 9.49. The molecule has 156 valence electrons. The molecule has 10 heteroatoms. The maximum absolute atomic E-state index is 13.5. The number of rotatable bonds is 4. The Labute approximate surface area is 175 Å². The SMILES string of the molecule is CC1(c2cccc(-c3noc(C4CC(c5cccc(F)c5)=NO4)n3)c2)NC(=O)NC1=O. The summed E-state index contributed by atoms with van der Waals surface area (Å²) < 4.78 is 18.8. The Hall–Kier alpha value is -4.08. The molecule has 31 heavy (non-hydrogen) atoms. The molecular formula is C21H16FN5O4. The van der Waals surface area contributed by atoms with Gasteiger partial charge in [-0.25, -0.2) is 9.18 Å². The van der Waals surface area contributed by atoms with Gasteiger partial charge < -0.3 is 14.7 Å². The zero-order valence-corrected chi connectivity index (χ0v) is 16.3. The van der Waals surface area contributed by atoms with Crippen molar-refractivity contribution in [1.29, 1.82) is 0 Å². The molecule has 1 fully saturated rings. The molecule has 1 saturated heterocycles. The minimum atomic E-state index is -1.19. The summed E-state index contributed by atoms with van der Waals surface area (Å²) in [7, 11) is 0. The summed E-state index contributed by atoms with van der Waals surface area (Å²) in [4.78, 5) is 33.6. The van der Waals surface area contributed by atoms with Crippen LogP contribution < -0.4 is 10.6 Å². The lowest BCUT2D eigenvalue weighted by molar-refractivity contribution is -0.123. The number of carbonyl (C=O) groups excluding carboxylic acids is 2. The Balaban J connectivity index is 1.36. The Bertz CT molecular complexity index is 1240. The fourth-order valence-corrected chi connectivity index (χ4v) is 3.55. The Morgan fingerprint density at radius 1 is 1.13 bits per heavy atom. The molecule has 2 aliphatic rings. The quantitative estimate of drug-likeness (QED) is 0.626. The van der Waals surface area contributed by atoms with Crippen LogP contribution in [-0.4, -0.2) is 27.8 Å². The van der Waals surface area contributed by atoms with Crippen LogP contribution in [0.5, 0.6) is 0 Å². The molecule has 2 atom stereocenters. The lowest BCUT2D eigenvalue weighted by atomic mass is 9.91. The molecule has 5 rings (SSSR count). The van der Waals surface area contributed by atoms with Gasteiger partial charge in [0, 0.05) is 17.5 Å². The van der Waals surface area contributed by atoms with Crippen LogP contribution in [-0.2, 0) is 15.2 Å². The van der Waals surface area contributed by atoms with Crippen LogP contribution in [0.1, 0.15) is 36.5 Å². The minimum Gasteiger partial charge on any atom is -0.382 e. The Kier molecular flexibility index (Phi) is 4.28. The van der Waals surface area contributed by atoms with Gasteiger partial charge in [-0.15, -0.1) is 0 Å². The second-order valence-electron chi connectivity index (χ2n) is 7.42. The number of amides is 3. The van der Waals surface area contributed by atoms with Crippen LogP contribution in [0.2, 0.25) is 0 Å². The molecule has 0 spiro atoms. The summed E-state index contributed by atoms with van der Waals surface area (Å²) in [5.41, 5.74) is 1.20. The van der Waals surface area contributed by atoms with E-state index in [1.165, 1.54) is 12.1 Å². The highest BCUT2D eigenvalue weighted by atomic mass is 19.1. The molecule has 0 aliphatic carbocycles. The molecule has 2 unspecified atom stereocenters. The Morgan fingerprint density at radius 2 is 1.94 bits per heavy atom. The molecule has 0 bridgehead atoms. The van der Waals surface area contributed by atoms with Gasteiger partial charge >= 0.3 is 6.03 Å². The number of nitrogens with one attached hydrogen (secondary N) is 2. The minimum absolute atomic E-state index is 0.230. The third kappa shape index (κ3) is 3.31. The number of benzene rings is 2. The van der Waals surface area contributed by atoms with Crippen molar-refractivity contribution < 1.29 is 23.3 Å². The molecule has 2 aromatic carbocycles. The molecular weight excluding hydrogens is 405 g/mol. The van der Waals surface area contributed by atoms with Crippen molar-refractivity contribution in [3.05, 3.63) is 71.4 Å². The van der Waals surface area contributed by atoms with Crippen LogP contribution in [0, 0.1) is 5.82 Å². The number of carbonyl (C=O) groups is 2. The van der Waals surface area contributed by atoms with Crippen molar-refractivity contribution in [1.82, 2.24) is 20.8 Å². The van der Waals surface area contributed by atoms with Gasteiger partial charge in [-0.2, -0.15) is 4.98 Å². The van der Waals surface area contributed by atoms with E-state index >= 15 is 0 Å². The lowest BCUT2D eigenvalue weighted by Gasteiger charge is -2.21. The van der Waals surface area contributed by atoms with Gasteiger partial charge in [-0.1, -0.05) is 40.6 Å². The van der Waals surface area contributed by atoms with Gasteiger partial charge in [0.05, 0.1) is 5.71 Å². The summed E-state index contributed by atoms with van der Waals surface area (Å²) in [6.45, 7) is 1.62. The summed E-state index contributed by atoms with van der Waals surface area (Å²) in [6.07, 6.45) is -0.227. The molecule has 0 saturated carbocycles. The molecule has 1 aromatic heterocycles. The number of urea groups is 1. The average Bonchev–Trinajstić information content (AvgIpc) is 3.48. The van der Waals surface area contributed by atoms with E-state index in [0.29, 0.717) is 34.6 Å². The van der Waals surface area contributed by atoms with Crippen LogP contribution in [0.15, 0.2) is 58.2 Å². The van der Waals surface area contributed by atoms with Gasteiger partial charge in [-0.05, 0) is 30.7 Å². The predicted octanol–water partition coefficient (Wildman–Crippen LogP) is 2.80. The average molecular weight is 421 g/mol. The predicted molar refractivity (Wildman–Crippen MR) is 105 cm³/mol. The summed E-state index contributed by atoms with van der Waals surface area (Å²) in [6, 6.07) is 12.5. The van der Waals surface area contributed by atoms with Crippen molar-refractivity contribution in [2.24, 2.45) is 5.16 Å². The number of hydrogen-bond donors (Lipinski definition) is 2. The summed E-state index contributed by atoms with van der Waals surface area (Å²) >= 11 is 0. The fraction of sp³-hybridized carbons (Fsp3) is 0.190. The number of halogens is 1. The number of hydrogen-bond acceptors (Lipinski definition) is 7. The summed E-state index contributed by atoms with van der Waals surface area (Å²) in [5.74, 6) is -0.268. The highest BCUT2D eigenvalue weighted by Gasteiger charge is 2.43. The fourth-order valence-electron chi connectivity index (χ4n) is 3.55. The van der Waals surface area contributed by atoms with Crippen molar-refractivity contribution >= 4 is 17.6 Å². The van der Waals surface area contributed by atoms with E-state index in [9.17, 15) is 14.0 Å². The monoisotopic (exact) mass is 421 g/mol. The number of imide groups is 1. The topological polar surface area (TPSA) is 119 Å². The van der Waals surface area contributed by atoms with E-state index in [1.54, 1.807) is 43.3 Å². The smallest absolute Gasteiger partial charge is 0.322 e. The maximum Gasteiger partial charge on any atom is 0.322 e. The third-order valence-electron chi connectivity index (χ3n) is 5.29. The van der Waals surface area contributed by atoms with Crippen LogP contribution in [0.4, 0.5) is 9.18 Å². The number of aromatic nitrogens is 2. The van der Waals surface area contributed by atoms with Crippen molar-refractivity contribution in [2.75, 3.05) is 0 Å². The van der Waals surface area contributed by atoms with Gasteiger partial charge in [0.15, 0.2) is 0 Å². The molecule has 3 amide bonds. The van der Waals surface area contributed by atoms with Gasteiger partial charge in [-0.3, -0.25) is 10.1 Å². The first-order valence-electron chi connectivity index (χ1n) is 9.49. The Morgan fingerprint density at radius 3 is 2.71 bits per heavy atom. The van der Waals surface area contributed by atoms with E-state index in [4.69, 9.17) is 9.36 Å². The lowest BCUT2D eigenvalue weighted by Crippen LogP contribution is -2.40. The van der Waals surface area contributed by atoms with Crippen molar-refractivity contribution in [2.45, 2.75) is 25.0 Å². The van der Waals surface area contributed by atoms with E-state index in [0.717, 1.165) is 0 Å². The zero-order chi connectivity index (χ0) is 21.6. The highest BCUT2D eigenvalue weighted by Crippen LogP contribution is 2.31. The zero-order valence-electron chi connectivity index (χ0n) is 16.3. The van der Waals surface area contributed by atoms with E-state index in [2.05, 4.69) is 25.9 Å². The van der Waals surface area contributed by atoms with Crippen LogP contribution in [0.25, 0.3) is 11.4 Å². The highest BCUT2D eigenvalue weighted by molar-refractivity contribution is 6.07. The second-order valence-corrected chi connectivity index (χ2v) is 7.42. The maximum atomic E-state index is 13.5. The third-order valence-corrected chi connectivity index (χ3v) is 5.29. The number of oxime groups is 1. The van der Waals surface area contributed by atoms with Gasteiger partial charge in [0.25, 0.3) is 11.8 Å². The molecule has 2 aliphatic heterocycles. The normalized spacial score (nSPS) is 22.6. The summed E-state index contributed by atoms with van der Waals surface area (Å²) in [5, 5.41) is 12.9. The standard InChI is InChI=1S/C21H16FN5O4/c1-21(19(28)24-20(29)25-21)13-6-2-5-12(8-13)17-23-18(31-27-17)16-10-15(26-30-16)11-4-3-7-14(22)9-11/h2-9,16H,10H2,1H3,(H2,24,25,28,29). The first kappa shape index (κ1) is 18.9. The van der Waals surface area contributed by atoms with Crippen LogP contribution in [0.3, 0.4) is 0 Å². The van der Waals surface area contributed by atoms with Crippen molar-refractivity contribution in [3.8, 4) is 11.4 Å². The van der Waals surface area contributed by atoms with E-state index in [-0.39, 0.29) is 11.7 Å². The van der Waals surface area contributed by atoms with Gasteiger partial charge in [0.1, 0.15) is 11.4 Å². The van der Waals surface area contributed by atoms with Gasteiger partial charge in [0.2, 0.25) is 11.9 Å². The molecule has 2 N–H and O–H groups in total. The number of nitrogens with zero attached hydrogens (tertiary/aromatic N) is 3. The van der Waals surface area contributed by atoms with E-state index in [1.807, 2.05) is 0 Å². The second kappa shape index (κ2) is 7.01. The van der Waals surface area contributed by atoms with Crippen molar-refractivity contribution in [3.63, 3.8) is 0 Å². The molecule has 9 nitrogen and oxygen atoms in total. The first-order chi connectivity index (χ1) is 14.9.